The Balaban J connectivity index is 2.72. The zero-order chi connectivity index (χ0) is 12.6. The van der Waals surface area contributed by atoms with Crippen LogP contribution in [-0.2, 0) is 0 Å². The first-order valence-electron chi connectivity index (χ1n) is 4.93. The topological polar surface area (TPSA) is 48.0 Å². The number of nitrogen functional groups attached to an aromatic ring is 1. The first kappa shape index (κ1) is 11.3. The van der Waals surface area contributed by atoms with Gasteiger partial charge in [0.2, 0.25) is 5.43 Å². The van der Waals surface area contributed by atoms with E-state index in [1.807, 2.05) is 0 Å². The van der Waals surface area contributed by atoms with Crippen molar-refractivity contribution in [2.75, 3.05) is 5.73 Å². The van der Waals surface area contributed by atoms with Crippen molar-refractivity contribution in [3.63, 3.8) is 0 Å². The average molecular weight is 236 g/mol. The van der Waals surface area contributed by atoms with E-state index in [0.717, 1.165) is 18.2 Å². The molecule has 88 valence electrons. The Morgan fingerprint density at radius 2 is 1.94 bits per heavy atom. The van der Waals surface area contributed by atoms with E-state index < -0.39 is 11.6 Å². The molecular formula is C12H10F2N2O. The molecule has 0 unspecified atom stereocenters. The summed E-state index contributed by atoms with van der Waals surface area (Å²) in [4.78, 5) is 11.3. The van der Waals surface area contributed by atoms with E-state index in [1.165, 1.54) is 16.8 Å². The predicted octanol–water partition coefficient (Wildman–Crippen LogP) is 2.01. The molecule has 17 heavy (non-hydrogen) atoms. The van der Waals surface area contributed by atoms with E-state index in [0.29, 0.717) is 5.69 Å². The van der Waals surface area contributed by atoms with E-state index in [4.69, 9.17) is 5.73 Å². The Morgan fingerprint density at radius 1 is 1.24 bits per heavy atom. The maximum atomic E-state index is 13.6. The van der Waals surface area contributed by atoms with Crippen LogP contribution in [-0.4, -0.2) is 4.57 Å². The molecule has 0 aliphatic heterocycles. The molecule has 0 saturated heterocycles. The highest BCUT2D eigenvalue weighted by Gasteiger charge is 2.09. The molecule has 2 rings (SSSR count). The van der Waals surface area contributed by atoms with Crippen molar-refractivity contribution in [2.45, 2.75) is 6.92 Å². The molecule has 0 saturated carbocycles. The Hall–Kier alpha value is -2.17. The maximum absolute atomic E-state index is 13.6. The summed E-state index contributed by atoms with van der Waals surface area (Å²) in [6.45, 7) is 1.62. The molecule has 5 heteroatoms. The fraction of sp³-hybridized carbons (Fsp3) is 0.0833. The number of halogens is 2. The summed E-state index contributed by atoms with van der Waals surface area (Å²) in [7, 11) is 0. The normalized spacial score (nSPS) is 10.5. The minimum atomic E-state index is -0.586. The smallest absolute Gasteiger partial charge is 0.204 e. The fourth-order valence-electron chi connectivity index (χ4n) is 1.58. The van der Waals surface area contributed by atoms with Gasteiger partial charge in [0.25, 0.3) is 0 Å². The summed E-state index contributed by atoms with van der Waals surface area (Å²) < 4.78 is 28.0. The fourth-order valence-corrected chi connectivity index (χ4v) is 1.58. The number of anilines is 1. The number of pyridine rings is 1. The average Bonchev–Trinajstić information content (AvgIpc) is 2.27. The number of hydrogen-bond acceptors (Lipinski definition) is 2. The maximum Gasteiger partial charge on any atom is 0.204 e. The molecule has 1 heterocycles. The Morgan fingerprint density at radius 3 is 2.65 bits per heavy atom. The van der Waals surface area contributed by atoms with E-state index in [1.54, 1.807) is 6.92 Å². The zero-order valence-electron chi connectivity index (χ0n) is 9.08. The highest BCUT2D eigenvalue weighted by Crippen LogP contribution is 2.17. The summed E-state index contributed by atoms with van der Waals surface area (Å²) >= 11 is 0. The van der Waals surface area contributed by atoms with Gasteiger partial charge in [-0.2, -0.15) is 0 Å². The predicted molar refractivity (Wildman–Crippen MR) is 61.1 cm³/mol. The molecule has 2 aromatic rings. The van der Waals surface area contributed by atoms with Crippen LogP contribution in [0, 0.1) is 18.6 Å². The van der Waals surface area contributed by atoms with Crippen molar-refractivity contribution in [1.29, 1.82) is 0 Å². The van der Waals surface area contributed by atoms with E-state index >= 15 is 0 Å². The molecule has 0 spiro atoms. The molecule has 0 bridgehead atoms. The molecule has 0 radical (unpaired) electrons. The second kappa shape index (κ2) is 4.01. The first-order chi connectivity index (χ1) is 7.99. The van der Waals surface area contributed by atoms with Gasteiger partial charge in [-0.15, -0.1) is 0 Å². The van der Waals surface area contributed by atoms with Gasteiger partial charge >= 0.3 is 0 Å². The lowest BCUT2D eigenvalue weighted by atomic mass is 10.2. The highest BCUT2D eigenvalue weighted by atomic mass is 19.1. The summed E-state index contributed by atoms with van der Waals surface area (Å²) in [5, 5.41) is 0. The van der Waals surface area contributed by atoms with Crippen LogP contribution in [0.25, 0.3) is 5.69 Å². The van der Waals surface area contributed by atoms with Crippen molar-refractivity contribution in [1.82, 2.24) is 4.57 Å². The number of nitrogens with two attached hydrogens (primary N) is 1. The second-order valence-electron chi connectivity index (χ2n) is 3.70. The van der Waals surface area contributed by atoms with Crippen LogP contribution < -0.4 is 11.2 Å². The number of nitrogens with zero attached hydrogens (tertiary/aromatic N) is 1. The minimum Gasteiger partial charge on any atom is -0.394 e. The molecule has 0 amide bonds. The van der Waals surface area contributed by atoms with Crippen LogP contribution in [0.2, 0.25) is 0 Å². The van der Waals surface area contributed by atoms with Crippen molar-refractivity contribution in [3.05, 3.63) is 58.0 Å². The Labute approximate surface area is 96.1 Å². The summed E-state index contributed by atoms with van der Waals surface area (Å²) in [5.41, 5.74) is 5.62. The minimum absolute atomic E-state index is 0.0146. The van der Waals surface area contributed by atoms with Crippen LogP contribution in [0.4, 0.5) is 14.5 Å². The van der Waals surface area contributed by atoms with Gasteiger partial charge in [0, 0.05) is 24.0 Å². The van der Waals surface area contributed by atoms with Gasteiger partial charge in [-0.3, -0.25) is 4.79 Å². The van der Waals surface area contributed by atoms with Crippen LogP contribution in [0.5, 0.6) is 0 Å². The van der Waals surface area contributed by atoms with Gasteiger partial charge in [-0.25, -0.2) is 8.78 Å². The lowest BCUT2D eigenvalue weighted by Crippen LogP contribution is -2.13. The molecule has 2 N–H and O–H groups in total. The SMILES string of the molecule is Cc1cc(=O)c(N)cn1-c1cc(F)ccc1F. The van der Waals surface area contributed by atoms with Crippen LogP contribution in [0.3, 0.4) is 0 Å². The lowest BCUT2D eigenvalue weighted by molar-refractivity contribution is 0.591. The van der Waals surface area contributed by atoms with E-state index in [2.05, 4.69) is 0 Å². The monoisotopic (exact) mass is 236 g/mol. The molecule has 0 atom stereocenters. The standard InChI is InChI=1S/C12H10F2N2O/c1-7-4-12(17)10(15)6-16(7)11-5-8(13)2-3-9(11)14/h2-6H,15H2,1H3. The van der Waals surface area contributed by atoms with Gasteiger partial charge in [-0.05, 0) is 19.1 Å². The molecule has 0 aliphatic carbocycles. The molecular weight excluding hydrogens is 226 g/mol. The van der Waals surface area contributed by atoms with E-state index in [-0.39, 0.29) is 16.8 Å². The summed E-state index contributed by atoms with van der Waals surface area (Å²) in [5.74, 6) is -1.14. The molecule has 0 aliphatic rings. The third-order valence-electron chi connectivity index (χ3n) is 2.44. The van der Waals surface area contributed by atoms with Gasteiger partial charge in [0.05, 0.1) is 11.4 Å². The number of aromatic nitrogens is 1. The van der Waals surface area contributed by atoms with E-state index in [9.17, 15) is 13.6 Å². The Kier molecular flexibility index (Phi) is 2.67. The van der Waals surface area contributed by atoms with Crippen LogP contribution in [0.1, 0.15) is 5.69 Å². The largest absolute Gasteiger partial charge is 0.394 e. The van der Waals surface area contributed by atoms with Crippen LogP contribution >= 0.6 is 0 Å². The molecule has 0 fully saturated rings. The van der Waals surface area contributed by atoms with Crippen molar-refractivity contribution in [3.8, 4) is 5.69 Å². The van der Waals surface area contributed by atoms with Gasteiger partial charge in [0.1, 0.15) is 11.6 Å². The third kappa shape index (κ3) is 2.04. The molecule has 3 nitrogen and oxygen atoms in total. The third-order valence-corrected chi connectivity index (χ3v) is 2.44. The second-order valence-corrected chi connectivity index (χ2v) is 3.70. The van der Waals surface area contributed by atoms with Crippen molar-refractivity contribution in [2.24, 2.45) is 0 Å². The van der Waals surface area contributed by atoms with Gasteiger partial charge in [-0.1, -0.05) is 0 Å². The molecule has 1 aromatic carbocycles. The number of hydrogen-bond donors (Lipinski definition) is 1. The molecule has 1 aromatic heterocycles. The van der Waals surface area contributed by atoms with Crippen molar-refractivity contribution < 1.29 is 8.78 Å². The number of aryl methyl sites for hydroxylation is 1. The Bertz CT molecular complexity index is 635. The van der Waals surface area contributed by atoms with Crippen molar-refractivity contribution >= 4 is 5.69 Å². The number of benzene rings is 1. The highest BCUT2D eigenvalue weighted by molar-refractivity contribution is 5.43. The number of rotatable bonds is 1. The van der Waals surface area contributed by atoms with Crippen LogP contribution in [0.15, 0.2) is 35.3 Å². The van der Waals surface area contributed by atoms with Gasteiger partial charge < -0.3 is 10.3 Å². The summed E-state index contributed by atoms with van der Waals surface area (Å²) in [6.07, 6.45) is 1.29. The lowest BCUT2D eigenvalue weighted by Gasteiger charge is -2.12. The quantitative estimate of drug-likeness (QED) is 0.823. The zero-order valence-corrected chi connectivity index (χ0v) is 9.08. The first-order valence-corrected chi connectivity index (χ1v) is 4.93. The van der Waals surface area contributed by atoms with Gasteiger partial charge in [0.15, 0.2) is 0 Å². The summed E-state index contributed by atoms with van der Waals surface area (Å²) in [6, 6.07) is 4.38.